The fraction of sp³-hybridized carbons (Fsp3) is 0.722. The van der Waals surface area contributed by atoms with Gasteiger partial charge in [0.25, 0.3) is 0 Å². The standard InChI is InChI=1S/C18H29F3N2O2S/c1-3-5-7-9-13-23(14-10-8-6-4-2)26(24,25)17-15-22-12-11-16(17)18(19,20)21/h11-12,15H,3-10,13-14H2,1-2H3. The van der Waals surface area contributed by atoms with Crippen LogP contribution >= 0.6 is 0 Å². The largest absolute Gasteiger partial charge is 0.417 e. The van der Waals surface area contributed by atoms with Crippen molar-refractivity contribution in [1.82, 2.24) is 9.29 Å². The second-order valence-electron chi connectivity index (χ2n) is 6.39. The molecule has 0 amide bonds. The van der Waals surface area contributed by atoms with Gasteiger partial charge in [-0.3, -0.25) is 4.98 Å². The molecule has 1 aromatic rings. The molecular formula is C18H29F3N2O2S. The Morgan fingerprint density at radius 2 is 1.50 bits per heavy atom. The Morgan fingerprint density at radius 3 is 1.96 bits per heavy atom. The number of halogens is 3. The summed E-state index contributed by atoms with van der Waals surface area (Å²) in [5, 5.41) is 0. The first-order valence-corrected chi connectivity index (χ1v) is 10.7. The summed E-state index contributed by atoms with van der Waals surface area (Å²) in [6.07, 6.45) is 4.00. The lowest BCUT2D eigenvalue weighted by molar-refractivity contribution is -0.140. The van der Waals surface area contributed by atoms with E-state index in [1.54, 1.807) is 0 Å². The molecule has 0 unspecified atom stereocenters. The maximum Gasteiger partial charge on any atom is 0.417 e. The normalized spacial score (nSPS) is 12.7. The number of hydrogen-bond donors (Lipinski definition) is 0. The van der Waals surface area contributed by atoms with Crippen LogP contribution in [0.1, 0.15) is 70.8 Å². The molecule has 0 atom stereocenters. The molecule has 150 valence electrons. The smallest absolute Gasteiger partial charge is 0.263 e. The third-order valence-electron chi connectivity index (χ3n) is 4.23. The quantitative estimate of drug-likeness (QED) is 0.455. The molecule has 0 saturated carbocycles. The first kappa shape index (κ1) is 22.9. The number of rotatable bonds is 12. The van der Waals surface area contributed by atoms with Crippen LogP contribution in [-0.2, 0) is 16.2 Å². The van der Waals surface area contributed by atoms with Gasteiger partial charge in [0.05, 0.1) is 5.56 Å². The number of nitrogens with zero attached hydrogens (tertiary/aromatic N) is 2. The van der Waals surface area contributed by atoms with E-state index in [0.29, 0.717) is 12.8 Å². The molecule has 1 rings (SSSR count). The Bertz CT molecular complexity index is 622. The predicted octanol–water partition coefficient (Wildman–Crippen LogP) is 5.25. The van der Waals surface area contributed by atoms with E-state index in [1.807, 2.05) is 13.8 Å². The van der Waals surface area contributed by atoms with Crippen molar-refractivity contribution in [3.63, 3.8) is 0 Å². The Labute approximate surface area is 154 Å². The molecule has 0 saturated heterocycles. The summed E-state index contributed by atoms with van der Waals surface area (Å²) < 4.78 is 66.7. The second kappa shape index (κ2) is 10.9. The van der Waals surface area contributed by atoms with Crippen molar-refractivity contribution in [1.29, 1.82) is 0 Å². The molecular weight excluding hydrogens is 365 g/mol. The van der Waals surface area contributed by atoms with E-state index in [9.17, 15) is 21.6 Å². The summed E-state index contributed by atoms with van der Waals surface area (Å²) in [7, 11) is -4.24. The number of hydrogen-bond acceptors (Lipinski definition) is 3. The van der Waals surface area contributed by atoms with Crippen LogP contribution in [0.5, 0.6) is 0 Å². The summed E-state index contributed by atoms with van der Waals surface area (Å²) in [4.78, 5) is 2.87. The van der Waals surface area contributed by atoms with E-state index < -0.39 is 26.7 Å². The van der Waals surface area contributed by atoms with Gasteiger partial charge in [-0.05, 0) is 18.9 Å². The molecule has 0 fully saturated rings. The summed E-state index contributed by atoms with van der Waals surface area (Å²) in [5.74, 6) is 0. The average molecular weight is 395 g/mol. The molecule has 0 aliphatic heterocycles. The Balaban J connectivity index is 3.05. The van der Waals surface area contributed by atoms with Gasteiger partial charge < -0.3 is 0 Å². The second-order valence-corrected chi connectivity index (χ2v) is 8.30. The van der Waals surface area contributed by atoms with E-state index in [0.717, 1.165) is 57.0 Å². The van der Waals surface area contributed by atoms with E-state index >= 15 is 0 Å². The summed E-state index contributed by atoms with van der Waals surface area (Å²) >= 11 is 0. The zero-order valence-corrected chi connectivity index (χ0v) is 16.4. The highest BCUT2D eigenvalue weighted by Gasteiger charge is 2.39. The molecule has 1 heterocycles. The molecule has 0 N–H and O–H groups in total. The van der Waals surface area contributed by atoms with Crippen LogP contribution in [0.3, 0.4) is 0 Å². The van der Waals surface area contributed by atoms with Crippen LogP contribution in [0.25, 0.3) is 0 Å². The highest BCUT2D eigenvalue weighted by Crippen LogP contribution is 2.34. The Morgan fingerprint density at radius 1 is 0.962 bits per heavy atom. The number of sulfonamides is 1. The van der Waals surface area contributed by atoms with Crippen LogP contribution in [-0.4, -0.2) is 30.8 Å². The highest BCUT2D eigenvalue weighted by molar-refractivity contribution is 7.89. The van der Waals surface area contributed by atoms with Crippen molar-refractivity contribution < 1.29 is 21.6 Å². The lowest BCUT2D eigenvalue weighted by atomic mass is 10.2. The third kappa shape index (κ3) is 6.87. The molecule has 0 spiro atoms. The Hall–Kier alpha value is -1.15. The average Bonchev–Trinajstić information content (AvgIpc) is 2.59. The van der Waals surface area contributed by atoms with Crippen molar-refractivity contribution >= 4 is 10.0 Å². The van der Waals surface area contributed by atoms with Crippen molar-refractivity contribution in [2.24, 2.45) is 0 Å². The SMILES string of the molecule is CCCCCCN(CCCCCC)S(=O)(=O)c1cnccc1C(F)(F)F. The van der Waals surface area contributed by atoms with Crippen molar-refractivity contribution in [2.75, 3.05) is 13.1 Å². The fourth-order valence-electron chi connectivity index (χ4n) is 2.74. The van der Waals surface area contributed by atoms with Crippen molar-refractivity contribution in [3.8, 4) is 0 Å². The van der Waals surface area contributed by atoms with Gasteiger partial charge in [0.1, 0.15) is 4.90 Å². The van der Waals surface area contributed by atoms with Crippen LogP contribution in [0.4, 0.5) is 13.2 Å². The predicted molar refractivity (Wildman–Crippen MR) is 96.3 cm³/mol. The van der Waals surface area contributed by atoms with Crippen LogP contribution in [0.15, 0.2) is 23.4 Å². The maximum absolute atomic E-state index is 13.2. The van der Waals surface area contributed by atoms with Gasteiger partial charge >= 0.3 is 6.18 Å². The first-order valence-electron chi connectivity index (χ1n) is 9.26. The number of alkyl halides is 3. The maximum atomic E-state index is 13.2. The minimum Gasteiger partial charge on any atom is -0.263 e. The minimum absolute atomic E-state index is 0.237. The van der Waals surface area contributed by atoms with Gasteiger partial charge in [0.2, 0.25) is 10.0 Å². The molecule has 0 aliphatic carbocycles. The van der Waals surface area contributed by atoms with Crippen molar-refractivity contribution in [2.45, 2.75) is 76.3 Å². The van der Waals surface area contributed by atoms with Gasteiger partial charge in [-0.15, -0.1) is 0 Å². The molecule has 1 aromatic heterocycles. The molecule has 0 aromatic carbocycles. The zero-order valence-electron chi connectivity index (χ0n) is 15.6. The lowest BCUT2D eigenvalue weighted by Gasteiger charge is -2.24. The van der Waals surface area contributed by atoms with Gasteiger partial charge in [-0.25, -0.2) is 8.42 Å². The van der Waals surface area contributed by atoms with Gasteiger partial charge in [0.15, 0.2) is 0 Å². The zero-order chi connectivity index (χ0) is 19.6. The minimum atomic E-state index is -4.73. The topological polar surface area (TPSA) is 50.3 Å². The van der Waals surface area contributed by atoms with E-state index in [1.165, 1.54) is 4.31 Å². The monoisotopic (exact) mass is 394 g/mol. The van der Waals surface area contributed by atoms with Crippen molar-refractivity contribution in [3.05, 3.63) is 24.0 Å². The van der Waals surface area contributed by atoms with Gasteiger partial charge in [-0.2, -0.15) is 17.5 Å². The van der Waals surface area contributed by atoms with E-state index in [4.69, 9.17) is 0 Å². The fourth-order valence-corrected chi connectivity index (χ4v) is 4.41. The van der Waals surface area contributed by atoms with Gasteiger partial charge in [0, 0.05) is 25.5 Å². The number of unbranched alkanes of at least 4 members (excludes halogenated alkanes) is 6. The van der Waals surface area contributed by atoms with Crippen LogP contribution in [0.2, 0.25) is 0 Å². The van der Waals surface area contributed by atoms with E-state index in [-0.39, 0.29) is 13.1 Å². The number of pyridine rings is 1. The van der Waals surface area contributed by atoms with Gasteiger partial charge in [-0.1, -0.05) is 52.4 Å². The Kier molecular flexibility index (Phi) is 9.57. The van der Waals surface area contributed by atoms with Crippen LogP contribution in [0, 0.1) is 0 Å². The first-order chi connectivity index (χ1) is 12.2. The van der Waals surface area contributed by atoms with Crippen LogP contribution < -0.4 is 0 Å². The molecule has 4 nitrogen and oxygen atoms in total. The molecule has 0 bridgehead atoms. The number of aromatic nitrogens is 1. The van der Waals surface area contributed by atoms with E-state index in [2.05, 4.69) is 4.98 Å². The summed E-state index contributed by atoms with van der Waals surface area (Å²) in [5.41, 5.74) is -1.15. The molecule has 0 aliphatic rings. The molecule has 26 heavy (non-hydrogen) atoms. The summed E-state index contributed by atoms with van der Waals surface area (Å²) in [6.45, 7) is 4.57. The highest BCUT2D eigenvalue weighted by atomic mass is 32.2. The molecule has 0 radical (unpaired) electrons. The lowest BCUT2D eigenvalue weighted by Crippen LogP contribution is -2.34. The third-order valence-corrected chi connectivity index (χ3v) is 6.16. The molecule has 8 heteroatoms. The summed E-state index contributed by atoms with van der Waals surface area (Å²) in [6, 6.07) is 0.721.